The van der Waals surface area contributed by atoms with Gasteiger partial charge in [0.25, 0.3) is 11.8 Å². The van der Waals surface area contributed by atoms with Gasteiger partial charge in [0.1, 0.15) is 22.4 Å². The summed E-state index contributed by atoms with van der Waals surface area (Å²) in [5.41, 5.74) is 0.189. The summed E-state index contributed by atoms with van der Waals surface area (Å²) in [6.45, 7) is 0.689. The normalized spacial score (nSPS) is 11.8. The first-order chi connectivity index (χ1) is 13.9. The van der Waals surface area contributed by atoms with E-state index in [9.17, 15) is 19.5 Å². The molecule has 0 saturated heterocycles. The molecule has 0 bridgehead atoms. The van der Waals surface area contributed by atoms with Gasteiger partial charge in [-0.15, -0.1) is 11.3 Å². The molecule has 3 N–H and O–H groups in total. The number of nitrogens with zero attached hydrogens (tertiary/aromatic N) is 1. The number of benzene rings is 1. The molecule has 152 valence electrons. The zero-order valence-corrected chi connectivity index (χ0v) is 16.7. The quantitative estimate of drug-likeness (QED) is 0.479. The van der Waals surface area contributed by atoms with Crippen molar-refractivity contribution in [1.82, 2.24) is 10.3 Å². The number of fused-ring (bicyclic) bond motifs is 1. The highest BCUT2D eigenvalue weighted by Crippen LogP contribution is 2.25. The van der Waals surface area contributed by atoms with Crippen LogP contribution in [0.3, 0.4) is 0 Å². The Hall–Kier alpha value is -2.95. The van der Waals surface area contributed by atoms with E-state index < -0.39 is 36.7 Å². The van der Waals surface area contributed by atoms with Crippen molar-refractivity contribution in [2.24, 2.45) is 0 Å². The van der Waals surface area contributed by atoms with Gasteiger partial charge in [-0.25, -0.2) is 9.78 Å². The smallest absolute Gasteiger partial charge is 0.355 e. The van der Waals surface area contributed by atoms with Crippen LogP contribution >= 0.6 is 22.9 Å². The van der Waals surface area contributed by atoms with Crippen molar-refractivity contribution in [3.63, 3.8) is 0 Å². The molecule has 1 aromatic carbocycles. The Labute approximate surface area is 173 Å². The predicted molar refractivity (Wildman–Crippen MR) is 107 cm³/mol. The van der Waals surface area contributed by atoms with Crippen LogP contribution in [0.25, 0.3) is 11.0 Å². The number of hydrogen-bond acceptors (Lipinski definition) is 8. The summed E-state index contributed by atoms with van der Waals surface area (Å²) in [4.78, 5) is 39.7. The van der Waals surface area contributed by atoms with Gasteiger partial charge in [0.2, 0.25) is 0 Å². The van der Waals surface area contributed by atoms with Crippen LogP contribution in [0.1, 0.15) is 5.56 Å². The van der Waals surface area contributed by atoms with Gasteiger partial charge >= 0.3 is 5.63 Å². The maximum atomic E-state index is 12.1. The highest BCUT2D eigenvalue weighted by molar-refractivity contribution is 7.13. The lowest BCUT2D eigenvalue weighted by atomic mass is 10.1. The molecule has 29 heavy (non-hydrogen) atoms. The monoisotopic (exact) mass is 437 g/mol. The van der Waals surface area contributed by atoms with Crippen LogP contribution in [0.15, 0.2) is 39.0 Å². The zero-order chi connectivity index (χ0) is 21.0. The third-order valence-corrected chi connectivity index (χ3v) is 5.06. The molecule has 11 heteroatoms. The Morgan fingerprint density at radius 1 is 1.41 bits per heavy atom. The molecule has 2 aromatic heterocycles. The number of aliphatic hydroxyl groups is 1. The van der Waals surface area contributed by atoms with Gasteiger partial charge in [0.15, 0.2) is 11.7 Å². The summed E-state index contributed by atoms with van der Waals surface area (Å²) in [5, 5.41) is 16.9. The number of anilines is 1. The average Bonchev–Trinajstić information content (AvgIpc) is 3.21. The van der Waals surface area contributed by atoms with Gasteiger partial charge in [0.05, 0.1) is 6.61 Å². The minimum atomic E-state index is -1.16. The van der Waals surface area contributed by atoms with Crippen molar-refractivity contribution >= 4 is 50.9 Å². The van der Waals surface area contributed by atoms with Crippen LogP contribution in [0, 0.1) is 6.92 Å². The van der Waals surface area contributed by atoms with Crippen LogP contribution in [0.2, 0.25) is 5.02 Å². The second kappa shape index (κ2) is 9.03. The summed E-state index contributed by atoms with van der Waals surface area (Å²) in [7, 11) is 0. The fourth-order valence-electron chi connectivity index (χ4n) is 2.46. The van der Waals surface area contributed by atoms with Crippen molar-refractivity contribution < 1.29 is 23.8 Å². The molecule has 0 saturated carbocycles. The van der Waals surface area contributed by atoms with Gasteiger partial charge in [-0.05, 0) is 24.6 Å². The Bertz CT molecular complexity index is 1100. The number of rotatable bonds is 7. The molecule has 0 spiro atoms. The molecular formula is C18H16ClN3O6S. The van der Waals surface area contributed by atoms with Crippen LogP contribution in [-0.2, 0) is 9.59 Å². The number of halogens is 1. The van der Waals surface area contributed by atoms with E-state index in [-0.39, 0.29) is 16.4 Å². The van der Waals surface area contributed by atoms with E-state index in [4.69, 9.17) is 20.8 Å². The molecule has 0 aliphatic rings. The van der Waals surface area contributed by atoms with E-state index in [1.54, 1.807) is 24.4 Å². The minimum absolute atomic E-state index is 0.0108. The summed E-state index contributed by atoms with van der Waals surface area (Å²) in [5.74, 6) is -0.937. The predicted octanol–water partition coefficient (Wildman–Crippen LogP) is 1.71. The van der Waals surface area contributed by atoms with E-state index in [1.165, 1.54) is 23.6 Å². The van der Waals surface area contributed by atoms with Crippen molar-refractivity contribution in [3.05, 3.63) is 50.8 Å². The van der Waals surface area contributed by atoms with Crippen LogP contribution in [0.4, 0.5) is 5.13 Å². The topological polar surface area (TPSA) is 131 Å². The third-order valence-electron chi connectivity index (χ3n) is 3.93. The largest absolute Gasteiger partial charge is 0.484 e. The molecule has 0 radical (unpaired) electrons. The van der Waals surface area contributed by atoms with Crippen molar-refractivity contribution in [2.75, 3.05) is 18.5 Å². The van der Waals surface area contributed by atoms with E-state index in [2.05, 4.69) is 15.6 Å². The Morgan fingerprint density at radius 2 is 2.21 bits per heavy atom. The molecule has 3 rings (SSSR count). The summed E-state index contributed by atoms with van der Waals surface area (Å²) in [6.07, 6.45) is 1.52. The molecule has 0 fully saturated rings. The van der Waals surface area contributed by atoms with E-state index in [0.717, 1.165) is 0 Å². The van der Waals surface area contributed by atoms with E-state index >= 15 is 0 Å². The number of thiazole rings is 1. The second-order valence-corrected chi connectivity index (χ2v) is 7.18. The highest BCUT2D eigenvalue weighted by Gasteiger charge is 2.21. The molecule has 0 aliphatic heterocycles. The number of carbonyl (C=O) groups is 2. The Kier molecular flexibility index (Phi) is 6.47. The number of hydrogen-bond donors (Lipinski definition) is 3. The zero-order valence-electron chi connectivity index (χ0n) is 15.1. The Morgan fingerprint density at radius 3 is 2.90 bits per heavy atom. The summed E-state index contributed by atoms with van der Waals surface area (Å²) >= 11 is 7.09. The third kappa shape index (κ3) is 4.91. The lowest BCUT2D eigenvalue weighted by Crippen LogP contribution is -2.47. The molecule has 9 nitrogen and oxygen atoms in total. The molecule has 1 atom stereocenters. The minimum Gasteiger partial charge on any atom is -0.484 e. The van der Waals surface area contributed by atoms with Gasteiger partial charge in [-0.1, -0.05) is 11.6 Å². The number of aliphatic hydroxyl groups excluding tert-OH is 1. The van der Waals surface area contributed by atoms with Crippen molar-refractivity contribution in [2.45, 2.75) is 13.0 Å². The first-order valence-electron chi connectivity index (χ1n) is 8.35. The summed E-state index contributed by atoms with van der Waals surface area (Å²) in [6, 6.07) is 3.56. The van der Waals surface area contributed by atoms with Gasteiger partial charge in [-0.3, -0.25) is 9.59 Å². The van der Waals surface area contributed by atoms with Crippen molar-refractivity contribution in [1.29, 1.82) is 0 Å². The van der Waals surface area contributed by atoms with Gasteiger partial charge < -0.3 is 24.9 Å². The molecule has 2 amide bonds. The number of nitrogens with one attached hydrogen (secondary N) is 2. The lowest BCUT2D eigenvalue weighted by Gasteiger charge is -2.15. The Balaban J connectivity index is 1.61. The fraction of sp³-hybridized carbons (Fsp3) is 0.222. The van der Waals surface area contributed by atoms with Crippen LogP contribution in [0.5, 0.6) is 5.75 Å². The summed E-state index contributed by atoms with van der Waals surface area (Å²) < 4.78 is 10.5. The van der Waals surface area contributed by atoms with Gasteiger partial charge in [0, 0.05) is 23.0 Å². The first kappa shape index (κ1) is 20.8. The maximum absolute atomic E-state index is 12.1. The molecule has 0 aliphatic carbocycles. The standard InChI is InChI=1S/C18H16ClN3O6S/c1-9-11-3-2-10(6-13(11)28-17(26)15(9)19)27-8-14(24)21-12(7-23)16(25)22-18-20-4-5-29-18/h2-6,12,23H,7-8H2,1H3,(H,21,24)(H,20,22,25). The maximum Gasteiger partial charge on any atom is 0.355 e. The average molecular weight is 438 g/mol. The molecular weight excluding hydrogens is 422 g/mol. The number of aromatic nitrogens is 1. The highest BCUT2D eigenvalue weighted by atomic mass is 35.5. The lowest BCUT2D eigenvalue weighted by molar-refractivity contribution is -0.128. The first-order valence-corrected chi connectivity index (χ1v) is 9.61. The number of amides is 2. The van der Waals surface area contributed by atoms with Crippen LogP contribution < -0.4 is 21.0 Å². The van der Waals surface area contributed by atoms with Crippen LogP contribution in [-0.4, -0.2) is 41.2 Å². The van der Waals surface area contributed by atoms with Crippen molar-refractivity contribution in [3.8, 4) is 5.75 Å². The van der Waals surface area contributed by atoms with E-state index in [0.29, 0.717) is 16.1 Å². The fourth-order valence-corrected chi connectivity index (χ4v) is 3.13. The number of ether oxygens (including phenoxy) is 1. The van der Waals surface area contributed by atoms with E-state index in [1.807, 2.05) is 0 Å². The molecule has 2 heterocycles. The van der Waals surface area contributed by atoms with Gasteiger partial charge in [-0.2, -0.15) is 0 Å². The second-order valence-electron chi connectivity index (χ2n) is 5.90. The molecule has 1 unspecified atom stereocenters. The number of aryl methyl sites for hydroxylation is 1. The number of carbonyl (C=O) groups excluding carboxylic acids is 2. The molecule has 3 aromatic rings. The SMILES string of the molecule is Cc1c(Cl)c(=O)oc2cc(OCC(=O)NC(CO)C(=O)Nc3nccs3)ccc12.